The number of carbonyl (C=O) groups excluding carboxylic acids is 1. The normalized spacial score (nSPS) is 7.00. The zero-order valence-electron chi connectivity index (χ0n) is 2.74. The molecule has 1 radical (unpaired) electrons. The largest absolute Gasteiger partial charge is 0.285 e. The lowest BCUT2D eigenvalue weighted by Crippen LogP contribution is -1.55. The number of allylic oxidation sites excluding steroid dienone is 1. The van der Waals surface area contributed by atoms with Crippen LogP contribution in [0.5, 0.6) is 0 Å². The molecule has 0 heterocycles. The molecule has 0 saturated heterocycles. The minimum Gasteiger partial charge on any atom is -0.285 e. The summed E-state index contributed by atoms with van der Waals surface area (Å²) in [6.07, 6.45) is 2.32. The Kier molecular flexibility index (Phi) is 3.19. The third-order valence-electron chi connectivity index (χ3n) is 0.168. The zero-order chi connectivity index (χ0) is 4.99. The van der Waals surface area contributed by atoms with Gasteiger partial charge in [0, 0.05) is 6.08 Å². The number of hydrogen-bond donors (Lipinski definition) is 0. The minimum atomic E-state index is -0.0648. The van der Waals surface area contributed by atoms with E-state index in [0.717, 1.165) is 6.08 Å². The SMILES string of the molecule is O=[C]C=C(Cl)Cl. The Hall–Kier alpha value is -0.0100. The molecule has 0 aromatic carbocycles. The van der Waals surface area contributed by atoms with Gasteiger partial charge in [0.05, 0.1) is 0 Å². The van der Waals surface area contributed by atoms with Gasteiger partial charge >= 0.3 is 0 Å². The molecule has 0 amide bonds. The summed E-state index contributed by atoms with van der Waals surface area (Å²) in [6, 6.07) is 0. The summed E-state index contributed by atoms with van der Waals surface area (Å²) >= 11 is 9.88. The van der Waals surface area contributed by atoms with Gasteiger partial charge in [0.2, 0.25) is 6.29 Å². The second-order valence-electron chi connectivity index (χ2n) is 0.552. The summed E-state index contributed by atoms with van der Waals surface area (Å²) in [4.78, 5) is 9.24. The Morgan fingerprint density at radius 3 is 2.17 bits per heavy atom. The summed E-state index contributed by atoms with van der Waals surface area (Å²) in [7, 11) is 0. The van der Waals surface area contributed by atoms with E-state index in [2.05, 4.69) is 0 Å². The number of hydrogen-bond acceptors (Lipinski definition) is 1. The molecule has 0 aliphatic carbocycles. The highest BCUT2D eigenvalue weighted by Gasteiger charge is 1.75. The van der Waals surface area contributed by atoms with Crippen molar-refractivity contribution in [3.63, 3.8) is 0 Å². The molecule has 0 fully saturated rings. The van der Waals surface area contributed by atoms with Gasteiger partial charge in [-0.2, -0.15) is 0 Å². The molecule has 0 rings (SSSR count). The summed E-state index contributed by atoms with van der Waals surface area (Å²) in [5.41, 5.74) is 0. The van der Waals surface area contributed by atoms with Crippen molar-refractivity contribution in [2.45, 2.75) is 0 Å². The lowest BCUT2D eigenvalue weighted by atomic mass is 10.7. The first-order valence-electron chi connectivity index (χ1n) is 1.16. The summed E-state index contributed by atoms with van der Waals surface area (Å²) in [5, 5.41) is 0. The zero-order valence-corrected chi connectivity index (χ0v) is 4.25. The molecule has 0 aromatic heterocycles. The second kappa shape index (κ2) is 3.19. The van der Waals surface area contributed by atoms with E-state index in [9.17, 15) is 4.79 Å². The fraction of sp³-hybridized carbons (Fsp3) is 0. The molecular weight excluding hydrogens is 123 g/mol. The first-order valence-corrected chi connectivity index (χ1v) is 1.92. The highest BCUT2D eigenvalue weighted by molar-refractivity contribution is 6.56. The Labute approximate surface area is 45.5 Å². The average Bonchev–Trinajstić information content (AvgIpc) is 1.35. The van der Waals surface area contributed by atoms with Gasteiger partial charge in [-0.05, 0) is 0 Å². The Bertz CT molecular complexity index is 72.9. The van der Waals surface area contributed by atoms with Crippen LogP contribution in [0.2, 0.25) is 0 Å². The van der Waals surface area contributed by atoms with Crippen LogP contribution < -0.4 is 0 Å². The molecule has 0 aliphatic rings. The van der Waals surface area contributed by atoms with Gasteiger partial charge < -0.3 is 0 Å². The molecular formula is C3HCl2O. The van der Waals surface area contributed by atoms with Gasteiger partial charge in [-0.3, -0.25) is 4.79 Å². The van der Waals surface area contributed by atoms with E-state index in [-0.39, 0.29) is 4.49 Å². The van der Waals surface area contributed by atoms with Crippen LogP contribution in [0.3, 0.4) is 0 Å². The van der Waals surface area contributed by atoms with Gasteiger partial charge in [-0.25, -0.2) is 0 Å². The predicted molar refractivity (Wildman–Crippen MR) is 25.5 cm³/mol. The van der Waals surface area contributed by atoms with Crippen molar-refractivity contribution in [1.29, 1.82) is 0 Å². The summed E-state index contributed by atoms with van der Waals surface area (Å²) in [6.45, 7) is 0. The quantitative estimate of drug-likeness (QED) is 0.483. The molecule has 0 aliphatic heterocycles. The van der Waals surface area contributed by atoms with Crippen molar-refractivity contribution >= 4 is 29.5 Å². The summed E-state index contributed by atoms with van der Waals surface area (Å²) < 4.78 is -0.0648. The Morgan fingerprint density at radius 2 is 2.17 bits per heavy atom. The van der Waals surface area contributed by atoms with Crippen LogP contribution in [0.4, 0.5) is 0 Å². The Balaban J connectivity index is 3.41. The molecule has 6 heavy (non-hydrogen) atoms. The smallest absolute Gasteiger partial charge is 0.228 e. The lowest BCUT2D eigenvalue weighted by molar-refractivity contribution is 0.564. The third kappa shape index (κ3) is 3.99. The van der Waals surface area contributed by atoms with Crippen molar-refractivity contribution in [3.05, 3.63) is 10.6 Å². The molecule has 0 spiro atoms. The second-order valence-corrected chi connectivity index (χ2v) is 1.56. The lowest BCUT2D eigenvalue weighted by Gasteiger charge is -1.65. The maximum absolute atomic E-state index is 9.24. The number of halogens is 2. The maximum atomic E-state index is 9.24. The first kappa shape index (κ1) is 5.99. The monoisotopic (exact) mass is 123 g/mol. The molecule has 0 atom stereocenters. The van der Waals surface area contributed by atoms with Crippen LogP contribution in [0.1, 0.15) is 0 Å². The van der Waals surface area contributed by atoms with Crippen LogP contribution in [0.25, 0.3) is 0 Å². The molecule has 33 valence electrons. The van der Waals surface area contributed by atoms with Crippen LogP contribution in [0.15, 0.2) is 10.6 Å². The van der Waals surface area contributed by atoms with Crippen molar-refractivity contribution in [2.75, 3.05) is 0 Å². The molecule has 0 aromatic rings. The maximum Gasteiger partial charge on any atom is 0.228 e. The fourth-order valence-corrected chi connectivity index (χ4v) is 0.134. The predicted octanol–water partition coefficient (Wildman–Crippen LogP) is 1.42. The van der Waals surface area contributed by atoms with Gasteiger partial charge in [0.25, 0.3) is 0 Å². The minimum absolute atomic E-state index is 0.0648. The van der Waals surface area contributed by atoms with Crippen molar-refractivity contribution in [3.8, 4) is 0 Å². The molecule has 0 saturated carbocycles. The van der Waals surface area contributed by atoms with E-state index in [4.69, 9.17) is 23.2 Å². The van der Waals surface area contributed by atoms with E-state index in [1.807, 2.05) is 0 Å². The standard InChI is InChI=1S/C3HCl2O/c4-3(5)1-2-6/h1H. The van der Waals surface area contributed by atoms with Crippen LogP contribution in [0, 0.1) is 0 Å². The topological polar surface area (TPSA) is 17.1 Å². The fourth-order valence-electron chi connectivity index (χ4n) is 0.0445. The van der Waals surface area contributed by atoms with Crippen LogP contribution in [-0.2, 0) is 4.79 Å². The molecule has 1 nitrogen and oxygen atoms in total. The highest BCUT2D eigenvalue weighted by Crippen LogP contribution is 2.02. The van der Waals surface area contributed by atoms with E-state index >= 15 is 0 Å². The molecule has 3 heteroatoms. The third-order valence-corrected chi connectivity index (χ3v) is 0.386. The van der Waals surface area contributed by atoms with E-state index in [1.165, 1.54) is 6.29 Å². The van der Waals surface area contributed by atoms with Gasteiger partial charge in [0.1, 0.15) is 4.49 Å². The average molecular weight is 124 g/mol. The van der Waals surface area contributed by atoms with E-state index in [0.29, 0.717) is 0 Å². The van der Waals surface area contributed by atoms with Crippen molar-refractivity contribution in [1.82, 2.24) is 0 Å². The Morgan fingerprint density at radius 1 is 1.67 bits per heavy atom. The van der Waals surface area contributed by atoms with E-state index in [1.54, 1.807) is 0 Å². The number of rotatable bonds is 1. The first-order chi connectivity index (χ1) is 2.77. The van der Waals surface area contributed by atoms with Gasteiger partial charge in [-0.15, -0.1) is 0 Å². The van der Waals surface area contributed by atoms with Crippen molar-refractivity contribution < 1.29 is 4.79 Å². The highest BCUT2D eigenvalue weighted by atomic mass is 35.5. The van der Waals surface area contributed by atoms with Gasteiger partial charge in [0.15, 0.2) is 0 Å². The summed E-state index contributed by atoms with van der Waals surface area (Å²) in [5.74, 6) is 0. The molecule has 0 bridgehead atoms. The molecule has 0 N–H and O–H groups in total. The van der Waals surface area contributed by atoms with Crippen molar-refractivity contribution in [2.24, 2.45) is 0 Å². The van der Waals surface area contributed by atoms with E-state index < -0.39 is 0 Å². The van der Waals surface area contributed by atoms with Gasteiger partial charge in [-0.1, -0.05) is 23.2 Å². The molecule has 0 unspecified atom stereocenters. The van der Waals surface area contributed by atoms with Crippen LogP contribution >= 0.6 is 23.2 Å². The van der Waals surface area contributed by atoms with Crippen LogP contribution in [-0.4, -0.2) is 6.29 Å².